The van der Waals surface area contributed by atoms with Gasteiger partial charge in [-0.2, -0.15) is 0 Å². The fraction of sp³-hybridized carbons (Fsp3) is 0.500. The molecule has 1 heterocycles. The Morgan fingerprint density at radius 1 is 1.45 bits per heavy atom. The molecule has 2 rings (SSSR count). The minimum atomic E-state index is -0.323. The quantitative estimate of drug-likeness (QED) is 0.443. The number of fused-ring (bicyclic) bond motifs is 1. The van der Waals surface area contributed by atoms with Crippen molar-refractivity contribution in [1.29, 1.82) is 0 Å². The third kappa shape index (κ3) is 4.54. The molecule has 6 nitrogen and oxygen atoms in total. The van der Waals surface area contributed by atoms with Crippen molar-refractivity contribution in [3.05, 3.63) is 29.8 Å². The number of amides is 1. The molecule has 0 radical (unpaired) electrons. The summed E-state index contributed by atoms with van der Waals surface area (Å²) >= 11 is 0. The molecule has 0 aliphatic carbocycles. The monoisotopic (exact) mass is 305 g/mol. The van der Waals surface area contributed by atoms with Gasteiger partial charge in [0.1, 0.15) is 0 Å². The summed E-state index contributed by atoms with van der Waals surface area (Å²) in [4.78, 5) is 11.7. The molecule has 0 fully saturated rings. The third-order valence-corrected chi connectivity index (χ3v) is 3.37. The maximum absolute atomic E-state index is 11.7. The lowest BCUT2D eigenvalue weighted by atomic mass is 10.00. The van der Waals surface area contributed by atoms with E-state index in [1.54, 1.807) is 0 Å². The summed E-state index contributed by atoms with van der Waals surface area (Å²) in [5, 5.41) is 18.4. The molecule has 1 aliphatic rings. The first-order chi connectivity index (χ1) is 10.4. The lowest BCUT2D eigenvalue weighted by Crippen LogP contribution is -2.40. The van der Waals surface area contributed by atoms with Gasteiger partial charge in [-0.25, -0.2) is 0 Å². The Balaban J connectivity index is 1.97. The fourth-order valence-electron chi connectivity index (χ4n) is 2.20. The van der Waals surface area contributed by atoms with E-state index in [9.17, 15) is 4.79 Å². The molecular weight excluding hydrogens is 282 g/mol. The number of nitrogens with one attached hydrogen (secondary N) is 2. The number of carbonyl (C=O) groups is 1. The van der Waals surface area contributed by atoms with Crippen molar-refractivity contribution in [1.82, 2.24) is 5.32 Å². The van der Waals surface area contributed by atoms with Crippen LogP contribution in [0.1, 0.15) is 38.9 Å². The van der Waals surface area contributed by atoms with E-state index >= 15 is 0 Å². The molecule has 6 heteroatoms. The van der Waals surface area contributed by atoms with Crippen LogP contribution in [0, 0.1) is 0 Å². The number of rotatable bonds is 5. The fourth-order valence-corrected chi connectivity index (χ4v) is 2.20. The van der Waals surface area contributed by atoms with Gasteiger partial charge in [-0.1, -0.05) is 23.4 Å². The molecule has 1 aromatic carbocycles. The number of oxime groups is 1. The van der Waals surface area contributed by atoms with Gasteiger partial charge in [0.25, 0.3) is 0 Å². The predicted molar refractivity (Wildman–Crippen MR) is 85.4 cm³/mol. The summed E-state index contributed by atoms with van der Waals surface area (Å²) in [5.41, 5.74) is 2.15. The van der Waals surface area contributed by atoms with Crippen molar-refractivity contribution >= 4 is 17.3 Å². The minimum Gasteiger partial charge on any atom is -0.411 e. The van der Waals surface area contributed by atoms with Crippen LogP contribution >= 0.6 is 0 Å². The average molecular weight is 305 g/mol. The number of benzene rings is 1. The normalized spacial score (nSPS) is 18.8. The van der Waals surface area contributed by atoms with Gasteiger partial charge in [0, 0.05) is 23.3 Å². The summed E-state index contributed by atoms with van der Waals surface area (Å²) < 4.78 is 5.81. The van der Waals surface area contributed by atoms with Gasteiger partial charge in [-0.3, -0.25) is 4.79 Å². The van der Waals surface area contributed by atoms with Crippen LogP contribution in [-0.2, 0) is 9.53 Å². The van der Waals surface area contributed by atoms with Crippen LogP contribution in [0.5, 0.6) is 0 Å². The number of carbonyl (C=O) groups excluding carboxylic acids is 1. The summed E-state index contributed by atoms with van der Waals surface area (Å²) in [7, 11) is 0. The minimum absolute atomic E-state index is 0.0704. The van der Waals surface area contributed by atoms with Crippen LogP contribution < -0.4 is 10.6 Å². The third-order valence-electron chi connectivity index (χ3n) is 3.37. The van der Waals surface area contributed by atoms with Gasteiger partial charge >= 0.3 is 0 Å². The Hall–Kier alpha value is -1.92. The van der Waals surface area contributed by atoms with E-state index in [1.807, 2.05) is 45.0 Å². The van der Waals surface area contributed by atoms with Gasteiger partial charge in [0.05, 0.1) is 24.8 Å². The second-order valence-electron chi connectivity index (χ2n) is 6.41. The Morgan fingerprint density at radius 2 is 2.18 bits per heavy atom. The second kappa shape index (κ2) is 6.89. The molecule has 0 spiro atoms. The summed E-state index contributed by atoms with van der Waals surface area (Å²) in [5.74, 6) is -0.0704. The van der Waals surface area contributed by atoms with Gasteiger partial charge in [0.15, 0.2) is 0 Å². The molecule has 0 saturated carbocycles. The number of para-hydroxylation sites is 1. The SMILES string of the molecule is CC(C)(C)NC/C(COC1CC(=O)Nc2ccccc21)=N/O. The highest BCUT2D eigenvalue weighted by Crippen LogP contribution is 2.32. The number of nitrogens with zero attached hydrogens (tertiary/aromatic N) is 1. The summed E-state index contributed by atoms with van der Waals surface area (Å²) in [6, 6.07) is 7.57. The van der Waals surface area contributed by atoms with Gasteiger partial charge < -0.3 is 20.6 Å². The molecule has 1 aliphatic heterocycles. The zero-order valence-corrected chi connectivity index (χ0v) is 13.2. The van der Waals surface area contributed by atoms with E-state index in [0.29, 0.717) is 12.3 Å². The second-order valence-corrected chi connectivity index (χ2v) is 6.41. The first-order valence-corrected chi connectivity index (χ1v) is 7.34. The Kier molecular flexibility index (Phi) is 5.15. The van der Waals surface area contributed by atoms with E-state index in [1.165, 1.54) is 0 Å². The molecule has 1 aromatic rings. The lowest BCUT2D eigenvalue weighted by Gasteiger charge is -2.26. The van der Waals surface area contributed by atoms with Gasteiger partial charge in [-0.05, 0) is 26.8 Å². The van der Waals surface area contributed by atoms with Crippen molar-refractivity contribution in [3.63, 3.8) is 0 Å². The smallest absolute Gasteiger partial charge is 0.227 e. The molecule has 22 heavy (non-hydrogen) atoms. The zero-order chi connectivity index (χ0) is 16.2. The first kappa shape index (κ1) is 16.5. The van der Waals surface area contributed by atoms with Crippen LogP contribution in [0.3, 0.4) is 0 Å². The molecule has 1 atom stereocenters. The molecule has 1 amide bonds. The van der Waals surface area contributed by atoms with E-state index in [2.05, 4.69) is 15.8 Å². The van der Waals surface area contributed by atoms with Gasteiger partial charge in [0.2, 0.25) is 5.91 Å². The molecule has 120 valence electrons. The highest BCUT2D eigenvalue weighted by atomic mass is 16.5. The van der Waals surface area contributed by atoms with Crippen LogP contribution in [0.15, 0.2) is 29.4 Å². The Morgan fingerprint density at radius 3 is 2.86 bits per heavy atom. The maximum atomic E-state index is 11.7. The Labute approximate surface area is 130 Å². The van der Waals surface area contributed by atoms with Crippen molar-refractivity contribution in [2.45, 2.75) is 38.8 Å². The van der Waals surface area contributed by atoms with E-state index < -0.39 is 0 Å². The molecule has 0 aromatic heterocycles. The van der Waals surface area contributed by atoms with E-state index in [4.69, 9.17) is 9.94 Å². The topological polar surface area (TPSA) is 83.0 Å². The van der Waals surface area contributed by atoms with E-state index in [-0.39, 0.29) is 30.6 Å². The average Bonchev–Trinajstić information content (AvgIpc) is 2.46. The number of hydrogen-bond donors (Lipinski definition) is 3. The lowest BCUT2D eigenvalue weighted by molar-refractivity contribution is -0.119. The number of anilines is 1. The van der Waals surface area contributed by atoms with Crippen molar-refractivity contribution in [2.75, 3.05) is 18.5 Å². The Bertz CT molecular complexity index is 564. The van der Waals surface area contributed by atoms with E-state index in [0.717, 1.165) is 11.3 Å². The molecule has 3 N–H and O–H groups in total. The number of hydrogen-bond acceptors (Lipinski definition) is 5. The molecular formula is C16H23N3O3. The zero-order valence-electron chi connectivity index (χ0n) is 13.2. The molecule has 1 unspecified atom stereocenters. The summed E-state index contributed by atoms with van der Waals surface area (Å²) in [6.45, 7) is 6.70. The van der Waals surface area contributed by atoms with Crippen molar-refractivity contribution in [3.8, 4) is 0 Å². The van der Waals surface area contributed by atoms with Crippen molar-refractivity contribution in [2.24, 2.45) is 5.16 Å². The molecule has 0 saturated heterocycles. The standard InChI is InChI=1S/C16H23N3O3/c1-16(2,3)17-9-11(19-21)10-22-14-8-15(20)18-13-7-5-4-6-12(13)14/h4-7,14,17,21H,8-10H2,1-3H3,(H,18,20)/b19-11-. The molecule has 0 bridgehead atoms. The van der Waals surface area contributed by atoms with Gasteiger partial charge in [-0.15, -0.1) is 0 Å². The predicted octanol–water partition coefficient (Wildman–Crippen LogP) is 2.30. The first-order valence-electron chi connectivity index (χ1n) is 7.34. The van der Waals surface area contributed by atoms with Crippen LogP contribution in [0.25, 0.3) is 0 Å². The van der Waals surface area contributed by atoms with Crippen LogP contribution in [0.4, 0.5) is 5.69 Å². The van der Waals surface area contributed by atoms with Crippen molar-refractivity contribution < 1.29 is 14.7 Å². The largest absolute Gasteiger partial charge is 0.411 e. The van der Waals surface area contributed by atoms with Crippen LogP contribution in [-0.4, -0.2) is 35.5 Å². The number of ether oxygens (including phenoxy) is 1. The maximum Gasteiger partial charge on any atom is 0.227 e. The van der Waals surface area contributed by atoms with Crippen LogP contribution in [0.2, 0.25) is 0 Å². The summed E-state index contributed by atoms with van der Waals surface area (Å²) in [6.07, 6.45) is -0.0565. The highest BCUT2D eigenvalue weighted by molar-refractivity contribution is 5.94. The highest BCUT2D eigenvalue weighted by Gasteiger charge is 2.25.